The molecule has 0 aliphatic carbocycles. The summed E-state index contributed by atoms with van der Waals surface area (Å²) in [6.07, 6.45) is 3.83. The molecule has 13 heavy (non-hydrogen) atoms. The summed E-state index contributed by atoms with van der Waals surface area (Å²) in [5, 5.41) is 0. The second-order valence-electron chi connectivity index (χ2n) is 2.35. The number of nitrogens with zero attached hydrogens (tertiary/aromatic N) is 2. The second kappa shape index (κ2) is 3.26. The Hall–Kier alpha value is -1.23. The van der Waals surface area contributed by atoms with Gasteiger partial charge in [-0.15, -0.1) is 0 Å². The van der Waals surface area contributed by atoms with Gasteiger partial charge >= 0.3 is 0 Å². The van der Waals surface area contributed by atoms with Gasteiger partial charge in [-0.3, -0.25) is 0 Å². The van der Waals surface area contributed by atoms with Gasteiger partial charge in [0.05, 0.1) is 18.0 Å². The van der Waals surface area contributed by atoms with Gasteiger partial charge in [0.2, 0.25) is 0 Å². The molecule has 2 heterocycles. The topological polar surface area (TPSA) is 38.9 Å². The van der Waals surface area contributed by atoms with Crippen molar-refractivity contribution in [1.82, 2.24) is 9.97 Å². The molecule has 0 N–H and O–H groups in total. The molecule has 0 fully saturated rings. The van der Waals surface area contributed by atoms with Crippen LogP contribution in [-0.2, 0) is 0 Å². The van der Waals surface area contributed by atoms with Crippen LogP contribution in [0, 0.1) is 5.82 Å². The summed E-state index contributed by atoms with van der Waals surface area (Å²) >= 11 is 3.14. The largest absolute Gasteiger partial charge is 0.443 e. The Labute approximate surface area is 81.8 Å². The summed E-state index contributed by atoms with van der Waals surface area (Å²) < 4.78 is 18.7. The third-order valence-electron chi connectivity index (χ3n) is 1.52. The molecule has 0 aliphatic heterocycles. The molecule has 0 unspecified atom stereocenters. The molecule has 0 atom stereocenters. The monoisotopic (exact) mass is 242 g/mol. The highest BCUT2D eigenvalue weighted by Gasteiger charge is 2.08. The molecule has 0 saturated carbocycles. The fraction of sp³-hybridized carbons (Fsp3) is 0. The maximum atomic E-state index is 13.2. The Morgan fingerprint density at radius 3 is 2.92 bits per heavy atom. The van der Waals surface area contributed by atoms with Crippen LogP contribution in [0.4, 0.5) is 4.39 Å². The molecule has 5 heteroatoms. The third-order valence-corrected chi connectivity index (χ3v) is 1.95. The van der Waals surface area contributed by atoms with E-state index in [2.05, 4.69) is 25.9 Å². The quantitative estimate of drug-likeness (QED) is 0.722. The predicted octanol–water partition coefficient (Wildman–Crippen LogP) is 2.64. The first kappa shape index (κ1) is 8.37. The van der Waals surface area contributed by atoms with Crippen molar-refractivity contribution in [2.24, 2.45) is 0 Å². The van der Waals surface area contributed by atoms with Crippen molar-refractivity contribution in [2.45, 2.75) is 0 Å². The lowest BCUT2D eigenvalue weighted by atomic mass is 10.2. The average molecular weight is 243 g/mol. The number of hydrogen-bond acceptors (Lipinski definition) is 3. The van der Waals surface area contributed by atoms with Gasteiger partial charge in [0.15, 0.2) is 18.0 Å². The SMILES string of the molecule is Fc1cnc(Br)cc1-c1cnco1. The molecular weight excluding hydrogens is 239 g/mol. The maximum absolute atomic E-state index is 13.2. The summed E-state index contributed by atoms with van der Waals surface area (Å²) in [6.45, 7) is 0. The molecular formula is C8H4BrFN2O. The first-order chi connectivity index (χ1) is 6.27. The highest BCUT2D eigenvalue weighted by molar-refractivity contribution is 9.10. The van der Waals surface area contributed by atoms with E-state index < -0.39 is 5.82 Å². The fourth-order valence-electron chi connectivity index (χ4n) is 0.951. The number of pyridine rings is 1. The van der Waals surface area contributed by atoms with E-state index in [1.807, 2.05) is 0 Å². The minimum absolute atomic E-state index is 0.347. The highest BCUT2D eigenvalue weighted by Crippen LogP contribution is 2.23. The van der Waals surface area contributed by atoms with Crippen LogP contribution in [0.2, 0.25) is 0 Å². The number of halogens is 2. The Morgan fingerprint density at radius 1 is 1.38 bits per heavy atom. The molecule has 0 saturated heterocycles. The Morgan fingerprint density at radius 2 is 2.23 bits per heavy atom. The van der Waals surface area contributed by atoms with Crippen LogP contribution in [0.3, 0.4) is 0 Å². The van der Waals surface area contributed by atoms with Gasteiger partial charge in [0, 0.05) is 0 Å². The van der Waals surface area contributed by atoms with Crippen molar-refractivity contribution < 1.29 is 8.81 Å². The number of hydrogen-bond donors (Lipinski definition) is 0. The second-order valence-corrected chi connectivity index (χ2v) is 3.17. The predicted molar refractivity (Wildman–Crippen MR) is 47.4 cm³/mol. The van der Waals surface area contributed by atoms with Gasteiger partial charge in [-0.05, 0) is 22.0 Å². The fourth-order valence-corrected chi connectivity index (χ4v) is 1.28. The van der Waals surface area contributed by atoms with Gasteiger partial charge in [0.1, 0.15) is 4.60 Å². The molecule has 0 aliphatic rings. The van der Waals surface area contributed by atoms with E-state index in [0.717, 1.165) is 6.20 Å². The summed E-state index contributed by atoms with van der Waals surface area (Å²) in [7, 11) is 0. The zero-order valence-electron chi connectivity index (χ0n) is 6.37. The van der Waals surface area contributed by atoms with Crippen molar-refractivity contribution >= 4 is 15.9 Å². The molecule has 2 aromatic rings. The van der Waals surface area contributed by atoms with Gasteiger partial charge in [-0.2, -0.15) is 0 Å². The van der Waals surface area contributed by atoms with Gasteiger partial charge < -0.3 is 4.42 Å². The van der Waals surface area contributed by atoms with Crippen LogP contribution in [-0.4, -0.2) is 9.97 Å². The van der Waals surface area contributed by atoms with E-state index in [4.69, 9.17) is 4.42 Å². The minimum atomic E-state index is -0.431. The van der Waals surface area contributed by atoms with Gasteiger partial charge in [-0.1, -0.05) is 0 Å². The molecule has 2 aromatic heterocycles. The molecule has 3 nitrogen and oxygen atoms in total. The van der Waals surface area contributed by atoms with Crippen molar-refractivity contribution in [3.8, 4) is 11.3 Å². The Balaban J connectivity index is 2.57. The number of aromatic nitrogens is 2. The number of rotatable bonds is 1. The summed E-state index contributed by atoms with van der Waals surface area (Å²) in [5.74, 6) is -0.0412. The van der Waals surface area contributed by atoms with Crippen molar-refractivity contribution in [3.05, 3.63) is 35.3 Å². The number of oxazole rings is 1. The normalized spacial score (nSPS) is 10.3. The van der Waals surface area contributed by atoms with E-state index in [1.54, 1.807) is 0 Å². The Kier molecular flexibility index (Phi) is 2.10. The minimum Gasteiger partial charge on any atom is -0.443 e. The lowest BCUT2D eigenvalue weighted by molar-refractivity contribution is 0.560. The Bertz CT molecular complexity index is 416. The molecule has 66 valence electrons. The van der Waals surface area contributed by atoms with E-state index in [1.165, 1.54) is 18.7 Å². The summed E-state index contributed by atoms with van der Waals surface area (Å²) in [6, 6.07) is 1.54. The van der Waals surface area contributed by atoms with Crippen molar-refractivity contribution in [3.63, 3.8) is 0 Å². The smallest absolute Gasteiger partial charge is 0.181 e. The van der Waals surface area contributed by atoms with Gasteiger partial charge in [0.25, 0.3) is 0 Å². The molecule has 0 radical (unpaired) electrons. The van der Waals surface area contributed by atoms with Gasteiger partial charge in [-0.25, -0.2) is 14.4 Å². The van der Waals surface area contributed by atoms with Crippen LogP contribution in [0.5, 0.6) is 0 Å². The van der Waals surface area contributed by atoms with E-state index >= 15 is 0 Å². The van der Waals surface area contributed by atoms with E-state index in [9.17, 15) is 4.39 Å². The standard InChI is InChI=1S/C8H4BrFN2O/c9-8-1-5(6(10)2-12-8)7-3-11-4-13-7/h1-4H. The van der Waals surface area contributed by atoms with Crippen LogP contribution < -0.4 is 0 Å². The summed E-state index contributed by atoms with van der Waals surface area (Å²) in [4.78, 5) is 7.43. The average Bonchev–Trinajstić information content (AvgIpc) is 2.61. The molecule has 0 aromatic carbocycles. The zero-order valence-corrected chi connectivity index (χ0v) is 7.95. The maximum Gasteiger partial charge on any atom is 0.181 e. The molecule has 0 bridgehead atoms. The van der Waals surface area contributed by atoms with Crippen molar-refractivity contribution in [1.29, 1.82) is 0 Å². The van der Waals surface area contributed by atoms with E-state index in [0.29, 0.717) is 15.9 Å². The third kappa shape index (κ3) is 1.60. The van der Waals surface area contributed by atoms with E-state index in [-0.39, 0.29) is 0 Å². The lowest BCUT2D eigenvalue weighted by Gasteiger charge is -1.97. The lowest BCUT2D eigenvalue weighted by Crippen LogP contribution is -1.85. The highest BCUT2D eigenvalue weighted by atomic mass is 79.9. The van der Waals surface area contributed by atoms with Crippen LogP contribution >= 0.6 is 15.9 Å². The first-order valence-corrected chi connectivity index (χ1v) is 4.26. The van der Waals surface area contributed by atoms with Crippen LogP contribution in [0.25, 0.3) is 11.3 Å². The molecule has 0 amide bonds. The van der Waals surface area contributed by atoms with Crippen LogP contribution in [0.15, 0.2) is 33.9 Å². The zero-order chi connectivity index (χ0) is 9.26. The molecule has 2 rings (SSSR count). The van der Waals surface area contributed by atoms with Crippen molar-refractivity contribution in [2.75, 3.05) is 0 Å². The summed E-state index contributed by atoms with van der Waals surface area (Å²) in [5.41, 5.74) is 0.347. The van der Waals surface area contributed by atoms with Crippen LogP contribution in [0.1, 0.15) is 0 Å². The molecule has 0 spiro atoms. The first-order valence-electron chi connectivity index (χ1n) is 3.47.